The largest absolute Gasteiger partial charge is 0.391 e. The van der Waals surface area contributed by atoms with Gasteiger partial charge in [0.15, 0.2) is 0 Å². The van der Waals surface area contributed by atoms with Gasteiger partial charge in [0.1, 0.15) is 0 Å². The summed E-state index contributed by atoms with van der Waals surface area (Å²) in [5.41, 5.74) is 4.93. The molecule has 2 aliphatic heterocycles. The zero-order chi connectivity index (χ0) is 21.2. The molecule has 2 aromatic carbocycles. The minimum absolute atomic E-state index is 0.0331. The highest BCUT2D eigenvalue weighted by Gasteiger charge is 2.27. The molecular weight excluding hydrogens is 386 g/mol. The fourth-order valence-corrected chi connectivity index (χ4v) is 5.45. The van der Waals surface area contributed by atoms with Gasteiger partial charge in [0.25, 0.3) is 5.91 Å². The molecule has 0 radical (unpaired) electrons. The van der Waals surface area contributed by atoms with Crippen molar-refractivity contribution in [2.75, 3.05) is 31.1 Å². The van der Waals surface area contributed by atoms with Gasteiger partial charge >= 0.3 is 0 Å². The minimum Gasteiger partial charge on any atom is -0.391 e. The quantitative estimate of drug-likeness (QED) is 0.800. The molecule has 0 saturated carbocycles. The number of rotatable bonds is 4. The van der Waals surface area contributed by atoms with Gasteiger partial charge in [-0.2, -0.15) is 0 Å². The molecule has 2 saturated heterocycles. The molecule has 2 fully saturated rings. The van der Waals surface area contributed by atoms with E-state index in [-0.39, 0.29) is 12.0 Å². The zero-order valence-electron chi connectivity index (χ0n) is 18.2. The second-order valence-electron chi connectivity index (χ2n) is 9.40. The van der Waals surface area contributed by atoms with Crippen molar-refractivity contribution >= 4 is 11.6 Å². The van der Waals surface area contributed by atoms with E-state index in [9.17, 15) is 9.90 Å². The minimum atomic E-state index is -0.384. The number of piperidine rings is 2. The van der Waals surface area contributed by atoms with Crippen molar-refractivity contribution in [2.45, 2.75) is 56.7 Å². The van der Waals surface area contributed by atoms with Crippen LogP contribution in [-0.4, -0.2) is 60.3 Å². The number of likely N-dealkylation sites (tertiary alicyclic amines) is 1. The number of hydrogen-bond acceptors (Lipinski definition) is 4. The van der Waals surface area contributed by atoms with Crippen molar-refractivity contribution in [3.63, 3.8) is 0 Å². The lowest BCUT2D eigenvalue weighted by Gasteiger charge is -2.35. The first kappa shape index (κ1) is 20.5. The SMILES string of the molecule is O=C(c1ccc(N2CCC(NC3Cc4ccccc4C3)CC2)cc1)N1CCC[C@@H](O)C1. The number of aliphatic hydroxyl groups is 1. The maximum Gasteiger partial charge on any atom is 0.253 e. The van der Waals surface area contributed by atoms with Gasteiger partial charge in [0.05, 0.1) is 6.10 Å². The number of nitrogens with zero attached hydrogens (tertiary/aromatic N) is 2. The van der Waals surface area contributed by atoms with Crippen LogP contribution in [0, 0.1) is 0 Å². The Balaban J connectivity index is 1.12. The molecular formula is C26H33N3O2. The van der Waals surface area contributed by atoms with Gasteiger partial charge in [0.2, 0.25) is 0 Å². The molecule has 164 valence electrons. The molecule has 0 unspecified atom stereocenters. The summed E-state index contributed by atoms with van der Waals surface area (Å²) in [4.78, 5) is 16.9. The van der Waals surface area contributed by atoms with Crippen molar-refractivity contribution in [3.05, 3.63) is 65.2 Å². The van der Waals surface area contributed by atoms with Gasteiger partial charge in [-0.25, -0.2) is 0 Å². The number of aliphatic hydroxyl groups excluding tert-OH is 1. The highest BCUT2D eigenvalue weighted by molar-refractivity contribution is 5.94. The summed E-state index contributed by atoms with van der Waals surface area (Å²) in [5, 5.41) is 13.7. The Morgan fingerprint density at radius 2 is 1.55 bits per heavy atom. The lowest BCUT2D eigenvalue weighted by Crippen LogP contribution is -2.46. The van der Waals surface area contributed by atoms with Crippen molar-refractivity contribution in [2.24, 2.45) is 0 Å². The highest BCUT2D eigenvalue weighted by atomic mass is 16.3. The monoisotopic (exact) mass is 419 g/mol. The number of amides is 1. The predicted molar refractivity (Wildman–Crippen MR) is 124 cm³/mol. The molecule has 2 heterocycles. The fraction of sp³-hybridized carbons (Fsp3) is 0.500. The topological polar surface area (TPSA) is 55.8 Å². The van der Waals surface area contributed by atoms with Crippen LogP contribution < -0.4 is 10.2 Å². The van der Waals surface area contributed by atoms with Crippen LogP contribution >= 0.6 is 0 Å². The number of anilines is 1. The maximum absolute atomic E-state index is 12.7. The smallest absolute Gasteiger partial charge is 0.253 e. The zero-order valence-corrected chi connectivity index (χ0v) is 18.2. The third-order valence-electron chi connectivity index (χ3n) is 7.18. The molecule has 31 heavy (non-hydrogen) atoms. The van der Waals surface area contributed by atoms with Crippen LogP contribution in [0.3, 0.4) is 0 Å². The van der Waals surface area contributed by atoms with Crippen LogP contribution in [0.25, 0.3) is 0 Å². The molecule has 0 bridgehead atoms. The lowest BCUT2D eigenvalue weighted by molar-refractivity contribution is 0.0474. The second kappa shape index (κ2) is 9.01. The first-order valence-corrected chi connectivity index (χ1v) is 11.8. The van der Waals surface area contributed by atoms with E-state index < -0.39 is 0 Å². The fourth-order valence-electron chi connectivity index (χ4n) is 5.45. The number of nitrogens with one attached hydrogen (secondary N) is 1. The number of carbonyl (C=O) groups is 1. The van der Waals surface area contributed by atoms with E-state index in [4.69, 9.17) is 0 Å². The van der Waals surface area contributed by atoms with Gasteiger partial charge < -0.3 is 20.2 Å². The summed E-state index contributed by atoms with van der Waals surface area (Å²) in [6, 6.07) is 18.0. The Bertz CT molecular complexity index is 880. The molecule has 1 aliphatic carbocycles. The normalized spacial score (nSPS) is 22.5. The van der Waals surface area contributed by atoms with Crippen molar-refractivity contribution in [1.29, 1.82) is 0 Å². The summed E-state index contributed by atoms with van der Waals surface area (Å²) < 4.78 is 0. The van der Waals surface area contributed by atoms with Gasteiger partial charge in [-0.1, -0.05) is 24.3 Å². The Labute approximate surface area is 185 Å². The number of fused-ring (bicyclic) bond motifs is 1. The molecule has 3 aliphatic rings. The second-order valence-corrected chi connectivity index (χ2v) is 9.40. The third-order valence-corrected chi connectivity index (χ3v) is 7.18. The standard InChI is InChI=1S/C26H33N3O2/c30-25-6-3-13-29(18-25)26(31)19-7-9-24(10-8-19)28-14-11-22(12-15-28)27-23-16-20-4-1-2-5-21(20)17-23/h1-2,4-5,7-10,22-23,25,27,30H,3,6,11-18H2/t25-/m1/s1. The third kappa shape index (κ3) is 4.63. The van der Waals surface area contributed by atoms with E-state index in [2.05, 4.69) is 46.6 Å². The summed E-state index contributed by atoms with van der Waals surface area (Å²) in [7, 11) is 0. The summed E-state index contributed by atoms with van der Waals surface area (Å²) >= 11 is 0. The Morgan fingerprint density at radius 1 is 0.871 bits per heavy atom. The number of hydrogen-bond donors (Lipinski definition) is 2. The van der Waals surface area contributed by atoms with Crippen LogP contribution in [0.2, 0.25) is 0 Å². The van der Waals surface area contributed by atoms with E-state index in [1.165, 1.54) is 16.8 Å². The lowest BCUT2D eigenvalue weighted by atomic mass is 10.0. The Kier molecular flexibility index (Phi) is 5.97. The number of β-amino-alcohol motifs (C(OH)–C–C–N with tert-alkyl or cyclic N) is 1. The van der Waals surface area contributed by atoms with E-state index in [0.717, 1.165) is 63.7 Å². The van der Waals surface area contributed by atoms with Crippen molar-refractivity contribution in [1.82, 2.24) is 10.2 Å². The number of benzene rings is 2. The van der Waals surface area contributed by atoms with Crippen LogP contribution in [0.1, 0.15) is 47.2 Å². The van der Waals surface area contributed by atoms with Gasteiger partial charge in [-0.15, -0.1) is 0 Å². The molecule has 0 aromatic heterocycles. The first-order chi connectivity index (χ1) is 15.2. The highest BCUT2D eigenvalue weighted by Crippen LogP contribution is 2.25. The number of carbonyl (C=O) groups excluding carboxylic acids is 1. The molecule has 5 rings (SSSR count). The molecule has 5 nitrogen and oxygen atoms in total. The van der Waals surface area contributed by atoms with Crippen LogP contribution in [0.4, 0.5) is 5.69 Å². The molecule has 2 N–H and O–H groups in total. The molecule has 2 aromatic rings. The Hall–Kier alpha value is -2.37. The summed E-state index contributed by atoms with van der Waals surface area (Å²) in [5.74, 6) is 0.0331. The van der Waals surface area contributed by atoms with Gasteiger partial charge in [-0.3, -0.25) is 4.79 Å². The molecule has 5 heteroatoms. The molecule has 1 amide bonds. The predicted octanol–water partition coefficient (Wildman–Crippen LogP) is 3.01. The van der Waals surface area contributed by atoms with E-state index in [0.29, 0.717) is 18.6 Å². The first-order valence-electron chi connectivity index (χ1n) is 11.8. The van der Waals surface area contributed by atoms with Gasteiger partial charge in [0, 0.05) is 49.5 Å². The van der Waals surface area contributed by atoms with E-state index in [1.807, 2.05) is 12.1 Å². The van der Waals surface area contributed by atoms with E-state index >= 15 is 0 Å². The van der Waals surface area contributed by atoms with Crippen molar-refractivity contribution in [3.8, 4) is 0 Å². The average Bonchev–Trinajstić information content (AvgIpc) is 3.21. The van der Waals surface area contributed by atoms with Gasteiger partial charge in [-0.05, 0) is 73.9 Å². The summed E-state index contributed by atoms with van der Waals surface area (Å²) in [6.07, 6.45) is 5.89. The van der Waals surface area contributed by atoms with Crippen LogP contribution in [-0.2, 0) is 12.8 Å². The molecule has 1 atom stereocenters. The summed E-state index contributed by atoms with van der Waals surface area (Å²) in [6.45, 7) is 3.28. The Morgan fingerprint density at radius 3 is 2.19 bits per heavy atom. The van der Waals surface area contributed by atoms with Crippen LogP contribution in [0.15, 0.2) is 48.5 Å². The average molecular weight is 420 g/mol. The molecule has 0 spiro atoms. The van der Waals surface area contributed by atoms with E-state index in [1.54, 1.807) is 4.90 Å². The maximum atomic E-state index is 12.7. The van der Waals surface area contributed by atoms with Crippen LogP contribution in [0.5, 0.6) is 0 Å². The van der Waals surface area contributed by atoms with Crippen molar-refractivity contribution < 1.29 is 9.90 Å².